The van der Waals surface area contributed by atoms with Crippen LogP contribution in [0.2, 0.25) is 0 Å². The van der Waals surface area contributed by atoms with Crippen molar-refractivity contribution in [3.05, 3.63) is 95.3 Å². The Balaban J connectivity index is 1.58. The van der Waals surface area contributed by atoms with E-state index in [4.69, 9.17) is 0 Å². The van der Waals surface area contributed by atoms with Gasteiger partial charge in [-0.2, -0.15) is 0 Å². The predicted octanol–water partition coefficient (Wildman–Crippen LogP) is 4.06. The molecule has 0 fully saturated rings. The molecule has 0 radical (unpaired) electrons. The van der Waals surface area contributed by atoms with E-state index in [-0.39, 0.29) is 30.5 Å². The van der Waals surface area contributed by atoms with Crippen LogP contribution >= 0.6 is 0 Å². The summed E-state index contributed by atoms with van der Waals surface area (Å²) in [5.41, 5.74) is 3.02. The number of hydrogen-bond donors (Lipinski definition) is 2. The van der Waals surface area contributed by atoms with Crippen LogP contribution in [-0.2, 0) is 0 Å². The van der Waals surface area contributed by atoms with E-state index in [9.17, 15) is 14.0 Å². The molecule has 2 N–H and O–H groups in total. The van der Waals surface area contributed by atoms with Crippen molar-refractivity contribution in [3.8, 4) is 0 Å². The molecule has 0 aliphatic heterocycles. The van der Waals surface area contributed by atoms with Gasteiger partial charge in [0.1, 0.15) is 5.82 Å². The number of anilines is 2. The maximum absolute atomic E-state index is 13.6. The van der Waals surface area contributed by atoms with Crippen LogP contribution < -0.4 is 15.5 Å². The molecule has 6 heteroatoms. The van der Waals surface area contributed by atoms with Gasteiger partial charge in [-0.3, -0.25) is 9.59 Å². The standard InChI is InChI=1S/C24H24FN3O2/c1-17-12-13-18(16-21(17)25)23(29)26-14-15-27-24(30)20-10-6-7-11-22(20)28(2)19-8-4-3-5-9-19/h3-13,16H,14-15H2,1-2H3,(H,26,29)(H,27,30). The molecule has 5 nitrogen and oxygen atoms in total. The van der Waals surface area contributed by atoms with E-state index in [2.05, 4.69) is 10.6 Å². The average molecular weight is 405 g/mol. The number of benzene rings is 3. The van der Waals surface area contributed by atoms with Crippen molar-refractivity contribution < 1.29 is 14.0 Å². The highest BCUT2D eigenvalue weighted by Gasteiger charge is 2.15. The first-order chi connectivity index (χ1) is 14.5. The number of hydrogen-bond acceptors (Lipinski definition) is 3. The average Bonchev–Trinajstić information content (AvgIpc) is 2.78. The van der Waals surface area contributed by atoms with Crippen molar-refractivity contribution in [2.24, 2.45) is 0 Å². The highest BCUT2D eigenvalue weighted by molar-refractivity contribution is 6.00. The number of halogens is 1. The van der Waals surface area contributed by atoms with Gasteiger partial charge in [-0.25, -0.2) is 4.39 Å². The van der Waals surface area contributed by atoms with E-state index < -0.39 is 5.82 Å². The van der Waals surface area contributed by atoms with E-state index >= 15 is 0 Å². The first-order valence-corrected chi connectivity index (χ1v) is 9.67. The molecule has 30 heavy (non-hydrogen) atoms. The zero-order chi connectivity index (χ0) is 21.5. The van der Waals surface area contributed by atoms with Crippen molar-refractivity contribution >= 4 is 23.2 Å². The topological polar surface area (TPSA) is 61.4 Å². The first-order valence-electron chi connectivity index (χ1n) is 9.67. The van der Waals surface area contributed by atoms with Crippen LogP contribution in [0.25, 0.3) is 0 Å². The maximum Gasteiger partial charge on any atom is 0.253 e. The van der Waals surface area contributed by atoms with Crippen LogP contribution in [0.1, 0.15) is 26.3 Å². The van der Waals surface area contributed by atoms with Gasteiger partial charge in [-0.1, -0.05) is 36.4 Å². The molecule has 3 aromatic carbocycles. The van der Waals surface area contributed by atoms with E-state index in [1.165, 1.54) is 6.07 Å². The van der Waals surface area contributed by atoms with E-state index in [1.54, 1.807) is 25.1 Å². The van der Waals surface area contributed by atoms with Gasteiger partial charge in [0.05, 0.1) is 11.3 Å². The molecule has 0 unspecified atom stereocenters. The zero-order valence-corrected chi connectivity index (χ0v) is 17.0. The molecular formula is C24H24FN3O2. The van der Waals surface area contributed by atoms with Crippen molar-refractivity contribution in [3.63, 3.8) is 0 Å². The summed E-state index contributed by atoms with van der Waals surface area (Å²) in [5, 5.41) is 5.50. The lowest BCUT2D eigenvalue weighted by molar-refractivity contribution is 0.0928. The third-order valence-electron chi connectivity index (χ3n) is 4.78. The Labute approximate surface area is 175 Å². The third kappa shape index (κ3) is 5.03. The summed E-state index contributed by atoms with van der Waals surface area (Å²) >= 11 is 0. The quantitative estimate of drug-likeness (QED) is 0.583. The summed E-state index contributed by atoms with van der Waals surface area (Å²) in [7, 11) is 1.91. The minimum absolute atomic E-state index is 0.232. The fourth-order valence-corrected chi connectivity index (χ4v) is 3.03. The molecule has 154 valence electrons. The monoisotopic (exact) mass is 405 g/mol. The molecule has 0 aliphatic carbocycles. The van der Waals surface area contributed by atoms with Crippen LogP contribution in [0.5, 0.6) is 0 Å². The molecule has 3 rings (SSSR count). The highest BCUT2D eigenvalue weighted by Crippen LogP contribution is 2.26. The fraction of sp³-hybridized carbons (Fsp3) is 0.167. The second-order valence-electron chi connectivity index (χ2n) is 6.89. The number of carbonyl (C=O) groups is 2. The van der Waals surface area contributed by atoms with E-state index in [1.807, 2.05) is 60.5 Å². The Kier molecular flexibility index (Phi) is 6.80. The molecule has 3 aromatic rings. The summed E-state index contributed by atoms with van der Waals surface area (Å²) in [5.74, 6) is -1.04. The Morgan fingerprint density at radius 3 is 2.20 bits per heavy atom. The fourth-order valence-electron chi connectivity index (χ4n) is 3.03. The Bertz CT molecular complexity index is 1040. The molecule has 0 atom stereocenters. The number of nitrogens with one attached hydrogen (secondary N) is 2. The van der Waals surface area contributed by atoms with Crippen molar-refractivity contribution in [1.82, 2.24) is 10.6 Å². The molecular weight excluding hydrogens is 381 g/mol. The SMILES string of the molecule is Cc1ccc(C(=O)NCCNC(=O)c2ccccc2N(C)c2ccccc2)cc1F. The Hall–Kier alpha value is -3.67. The van der Waals surface area contributed by atoms with Crippen LogP contribution in [-0.4, -0.2) is 32.0 Å². The van der Waals surface area contributed by atoms with Crippen LogP contribution in [0.4, 0.5) is 15.8 Å². The summed E-state index contributed by atoms with van der Waals surface area (Å²) in [6.45, 7) is 2.12. The summed E-state index contributed by atoms with van der Waals surface area (Å²) in [6.07, 6.45) is 0. The summed E-state index contributed by atoms with van der Waals surface area (Å²) < 4.78 is 13.6. The van der Waals surface area contributed by atoms with Crippen LogP contribution in [0, 0.1) is 12.7 Å². The molecule has 2 amide bonds. The summed E-state index contributed by atoms with van der Waals surface area (Å²) in [6, 6.07) is 21.4. The molecule has 0 heterocycles. The lowest BCUT2D eigenvalue weighted by Crippen LogP contribution is -2.35. The number of rotatable bonds is 7. The molecule has 0 spiro atoms. The van der Waals surface area contributed by atoms with Gasteiger partial charge in [0.2, 0.25) is 0 Å². The second kappa shape index (κ2) is 9.69. The van der Waals surface area contributed by atoms with Crippen LogP contribution in [0.15, 0.2) is 72.8 Å². The molecule has 0 aliphatic rings. The van der Waals surface area contributed by atoms with Gasteiger partial charge in [-0.15, -0.1) is 0 Å². The largest absolute Gasteiger partial charge is 0.350 e. The summed E-state index contributed by atoms with van der Waals surface area (Å²) in [4.78, 5) is 26.8. The molecule has 0 aromatic heterocycles. The van der Waals surface area contributed by atoms with Crippen molar-refractivity contribution in [1.29, 1.82) is 0 Å². The van der Waals surface area contributed by atoms with E-state index in [0.29, 0.717) is 11.1 Å². The molecule has 0 saturated carbocycles. The van der Waals surface area contributed by atoms with E-state index in [0.717, 1.165) is 11.4 Å². The lowest BCUT2D eigenvalue weighted by atomic mass is 10.1. The Morgan fingerprint density at radius 1 is 0.867 bits per heavy atom. The normalized spacial score (nSPS) is 10.4. The number of nitrogens with zero attached hydrogens (tertiary/aromatic N) is 1. The minimum Gasteiger partial charge on any atom is -0.350 e. The highest BCUT2D eigenvalue weighted by atomic mass is 19.1. The maximum atomic E-state index is 13.6. The number of amides is 2. The van der Waals surface area contributed by atoms with Gasteiger partial charge in [0.25, 0.3) is 11.8 Å². The second-order valence-corrected chi connectivity index (χ2v) is 6.89. The molecule has 0 saturated heterocycles. The number of carbonyl (C=O) groups excluding carboxylic acids is 2. The van der Waals surface area contributed by atoms with Gasteiger partial charge in [0.15, 0.2) is 0 Å². The number of para-hydroxylation sites is 2. The number of aryl methyl sites for hydroxylation is 1. The van der Waals surface area contributed by atoms with Crippen molar-refractivity contribution in [2.45, 2.75) is 6.92 Å². The first kappa shape index (κ1) is 21.0. The Morgan fingerprint density at radius 2 is 1.50 bits per heavy atom. The lowest BCUT2D eigenvalue weighted by Gasteiger charge is -2.22. The van der Waals surface area contributed by atoms with Gasteiger partial charge in [0, 0.05) is 31.4 Å². The predicted molar refractivity (Wildman–Crippen MR) is 117 cm³/mol. The van der Waals surface area contributed by atoms with Gasteiger partial charge >= 0.3 is 0 Å². The van der Waals surface area contributed by atoms with Crippen LogP contribution in [0.3, 0.4) is 0 Å². The third-order valence-corrected chi connectivity index (χ3v) is 4.78. The minimum atomic E-state index is -0.421. The smallest absolute Gasteiger partial charge is 0.253 e. The molecule has 0 bridgehead atoms. The van der Waals surface area contributed by atoms with Gasteiger partial charge < -0.3 is 15.5 Å². The van der Waals surface area contributed by atoms with Crippen molar-refractivity contribution in [2.75, 3.05) is 25.0 Å². The zero-order valence-electron chi connectivity index (χ0n) is 17.0. The van der Waals surface area contributed by atoms with Gasteiger partial charge in [-0.05, 0) is 48.9 Å².